The number of piperidine rings is 1. The molecule has 7 heteroatoms. The van der Waals surface area contributed by atoms with Crippen molar-refractivity contribution >= 4 is 12.0 Å². The van der Waals surface area contributed by atoms with Crippen molar-refractivity contribution in [1.82, 2.24) is 10.1 Å². The fraction of sp³-hybridized carbons (Fsp3) is 0.542. The average molecular weight is 426 g/mol. The van der Waals surface area contributed by atoms with Gasteiger partial charge in [-0.3, -0.25) is 0 Å². The average Bonchev–Trinajstić information content (AvgIpc) is 3.29. The molecule has 7 nitrogen and oxygen atoms in total. The summed E-state index contributed by atoms with van der Waals surface area (Å²) in [6, 6.07) is 8.93. The molecule has 0 saturated carbocycles. The maximum absolute atomic E-state index is 11.1. The fourth-order valence-electron chi connectivity index (χ4n) is 4.26. The SMILES string of the molecule is CC(C)c1noc(N2CCC(COc3ccc(C4CC=C(C(=O)O)CC4)cc3)CC2)n1. The molecule has 1 fully saturated rings. The molecule has 4 rings (SSSR count). The van der Waals surface area contributed by atoms with E-state index in [0.717, 1.165) is 50.3 Å². The Labute approximate surface area is 183 Å². The summed E-state index contributed by atoms with van der Waals surface area (Å²) in [6.45, 7) is 6.64. The number of hydrogen-bond acceptors (Lipinski definition) is 6. The van der Waals surface area contributed by atoms with Crippen molar-refractivity contribution in [1.29, 1.82) is 0 Å². The normalized spacial score (nSPS) is 20.0. The Bertz CT molecular complexity index is 911. The van der Waals surface area contributed by atoms with E-state index in [2.05, 4.69) is 41.0 Å². The second-order valence-corrected chi connectivity index (χ2v) is 8.91. The zero-order valence-electron chi connectivity index (χ0n) is 18.3. The van der Waals surface area contributed by atoms with Crippen LogP contribution in [0.15, 0.2) is 40.4 Å². The monoisotopic (exact) mass is 425 g/mol. The number of benzene rings is 1. The van der Waals surface area contributed by atoms with Crippen LogP contribution in [0.2, 0.25) is 0 Å². The molecule has 2 heterocycles. The van der Waals surface area contributed by atoms with E-state index in [1.54, 1.807) is 0 Å². The lowest BCUT2D eigenvalue weighted by molar-refractivity contribution is -0.132. The van der Waals surface area contributed by atoms with Gasteiger partial charge in [0.05, 0.1) is 6.61 Å². The third-order valence-electron chi connectivity index (χ3n) is 6.36. The van der Waals surface area contributed by atoms with Gasteiger partial charge in [-0.1, -0.05) is 37.2 Å². The number of carboxylic acid groups (broad SMARTS) is 1. The van der Waals surface area contributed by atoms with E-state index in [-0.39, 0.29) is 5.92 Å². The van der Waals surface area contributed by atoms with Gasteiger partial charge in [-0.05, 0) is 61.6 Å². The summed E-state index contributed by atoms with van der Waals surface area (Å²) in [6.07, 6.45) is 6.26. The van der Waals surface area contributed by atoms with E-state index in [0.29, 0.717) is 36.5 Å². The smallest absolute Gasteiger partial charge is 0.331 e. The van der Waals surface area contributed by atoms with Gasteiger partial charge in [0.2, 0.25) is 0 Å². The van der Waals surface area contributed by atoms with Gasteiger partial charge in [-0.15, -0.1) is 0 Å². The molecule has 0 bridgehead atoms. The summed E-state index contributed by atoms with van der Waals surface area (Å²) >= 11 is 0. The number of allylic oxidation sites excluding steroid dienone is 1. The molecule has 0 radical (unpaired) electrons. The first-order valence-corrected chi connectivity index (χ1v) is 11.2. The first-order chi connectivity index (χ1) is 15.0. The number of aromatic nitrogens is 2. The summed E-state index contributed by atoms with van der Waals surface area (Å²) in [5.74, 6) is 2.04. The predicted molar refractivity (Wildman–Crippen MR) is 118 cm³/mol. The molecule has 1 aliphatic heterocycles. The maximum atomic E-state index is 11.1. The van der Waals surface area contributed by atoms with Gasteiger partial charge in [0, 0.05) is 24.6 Å². The van der Waals surface area contributed by atoms with Crippen molar-refractivity contribution in [2.75, 3.05) is 24.6 Å². The lowest BCUT2D eigenvalue weighted by atomic mass is 9.84. The third kappa shape index (κ3) is 5.27. The molecule has 2 aromatic rings. The second-order valence-electron chi connectivity index (χ2n) is 8.91. The highest BCUT2D eigenvalue weighted by Crippen LogP contribution is 2.33. The summed E-state index contributed by atoms with van der Waals surface area (Å²) < 4.78 is 11.5. The molecule has 2 aliphatic rings. The summed E-state index contributed by atoms with van der Waals surface area (Å²) in [7, 11) is 0. The Morgan fingerprint density at radius 3 is 2.55 bits per heavy atom. The van der Waals surface area contributed by atoms with E-state index in [9.17, 15) is 4.79 Å². The summed E-state index contributed by atoms with van der Waals surface area (Å²) in [5, 5.41) is 13.1. The first-order valence-electron chi connectivity index (χ1n) is 11.2. The minimum absolute atomic E-state index is 0.270. The second kappa shape index (κ2) is 9.54. The number of ether oxygens (including phenoxy) is 1. The predicted octanol–water partition coefficient (Wildman–Crippen LogP) is 4.77. The number of anilines is 1. The molecule has 1 unspecified atom stereocenters. The number of carbonyl (C=O) groups is 1. The lowest BCUT2D eigenvalue weighted by Gasteiger charge is -2.30. The molecule has 1 aromatic carbocycles. The first kappa shape index (κ1) is 21.4. The molecule has 0 spiro atoms. The van der Waals surface area contributed by atoms with Crippen molar-refractivity contribution in [2.24, 2.45) is 5.92 Å². The molecule has 1 aliphatic carbocycles. The van der Waals surface area contributed by atoms with Gasteiger partial charge in [0.25, 0.3) is 0 Å². The van der Waals surface area contributed by atoms with Crippen LogP contribution in [0.25, 0.3) is 0 Å². The number of hydrogen-bond donors (Lipinski definition) is 1. The van der Waals surface area contributed by atoms with Crippen LogP contribution in [0.4, 0.5) is 6.01 Å². The molecule has 1 N–H and O–H groups in total. The fourth-order valence-corrected chi connectivity index (χ4v) is 4.26. The minimum Gasteiger partial charge on any atom is -0.493 e. The van der Waals surface area contributed by atoms with Crippen LogP contribution >= 0.6 is 0 Å². The summed E-state index contributed by atoms with van der Waals surface area (Å²) in [5.41, 5.74) is 1.79. The van der Waals surface area contributed by atoms with Gasteiger partial charge < -0.3 is 19.3 Å². The van der Waals surface area contributed by atoms with Gasteiger partial charge in [0.15, 0.2) is 5.82 Å². The highest BCUT2D eigenvalue weighted by atomic mass is 16.5. The molecule has 1 atom stereocenters. The van der Waals surface area contributed by atoms with Crippen molar-refractivity contribution in [3.63, 3.8) is 0 Å². The Morgan fingerprint density at radius 1 is 1.23 bits per heavy atom. The van der Waals surface area contributed by atoms with Crippen LogP contribution in [0.1, 0.15) is 69.2 Å². The lowest BCUT2D eigenvalue weighted by Crippen LogP contribution is -2.35. The molecule has 166 valence electrons. The Morgan fingerprint density at radius 2 is 1.97 bits per heavy atom. The molecule has 1 saturated heterocycles. The largest absolute Gasteiger partial charge is 0.493 e. The number of nitrogens with zero attached hydrogens (tertiary/aromatic N) is 3. The van der Waals surface area contributed by atoms with Crippen molar-refractivity contribution in [3.8, 4) is 5.75 Å². The van der Waals surface area contributed by atoms with Crippen LogP contribution in [0.3, 0.4) is 0 Å². The highest BCUT2D eigenvalue weighted by molar-refractivity contribution is 5.86. The zero-order chi connectivity index (χ0) is 21.8. The molecular formula is C24H31N3O4. The zero-order valence-corrected chi connectivity index (χ0v) is 18.3. The quantitative estimate of drug-likeness (QED) is 0.684. The van der Waals surface area contributed by atoms with E-state index in [1.165, 1.54) is 5.56 Å². The number of aliphatic carboxylic acids is 1. The minimum atomic E-state index is -0.787. The Balaban J connectivity index is 1.23. The van der Waals surface area contributed by atoms with Crippen molar-refractivity contribution < 1.29 is 19.2 Å². The molecule has 0 amide bonds. The maximum Gasteiger partial charge on any atom is 0.331 e. The molecule has 1 aromatic heterocycles. The van der Waals surface area contributed by atoms with Gasteiger partial charge in [0.1, 0.15) is 5.75 Å². The third-order valence-corrected chi connectivity index (χ3v) is 6.36. The van der Waals surface area contributed by atoms with Crippen LogP contribution in [-0.2, 0) is 4.79 Å². The van der Waals surface area contributed by atoms with E-state index >= 15 is 0 Å². The topological polar surface area (TPSA) is 88.7 Å². The van der Waals surface area contributed by atoms with Crippen molar-refractivity contribution in [2.45, 2.75) is 57.8 Å². The number of carboxylic acids is 1. The van der Waals surface area contributed by atoms with Crippen molar-refractivity contribution in [3.05, 3.63) is 47.3 Å². The van der Waals surface area contributed by atoms with E-state index < -0.39 is 5.97 Å². The Hall–Kier alpha value is -2.83. The molecular weight excluding hydrogens is 394 g/mol. The van der Waals surface area contributed by atoms with Crippen LogP contribution in [0.5, 0.6) is 5.75 Å². The van der Waals surface area contributed by atoms with Crippen LogP contribution in [-0.4, -0.2) is 40.9 Å². The van der Waals surface area contributed by atoms with E-state index in [1.807, 2.05) is 18.2 Å². The van der Waals surface area contributed by atoms with E-state index in [4.69, 9.17) is 14.4 Å². The highest BCUT2D eigenvalue weighted by Gasteiger charge is 2.24. The standard InChI is InChI=1S/C24H31N3O4/c1-16(2)22-25-24(31-26-22)27-13-11-17(12-14-27)15-30-21-9-7-19(8-10-21)18-3-5-20(6-4-18)23(28)29/h5,7-10,16-18H,3-4,6,11-15H2,1-2H3,(H,28,29). The van der Waals surface area contributed by atoms with Crippen LogP contribution < -0.4 is 9.64 Å². The van der Waals surface area contributed by atoms with Gasteiger partial charge >= 0.3 is 12.0 Å². The number of rotatable bonds is 7. The summed E-state index contributed by atoms with van der Waals surface area (Å²) in [4.78, 5) is 17.7. The Kier molecular flexibility index (Phi) is 6.59. The molecule has 31 heavy (non-hydrogen) atoms. The van der Waals surface area contributed by atoms with Crippen LogP contribution in [0, 0.1) is 5.92 Å². The van der Waals surface area contributed by atoms with Gasteiger partial charge in [-0.2, -0.15) is 4.98 Å². The van der Waals surface area contributed by atoms with Gasteiger partial charge in [-0.25, -0.2) is 4.79 Å².